The summed E-state index contributed by atoms with van der Waals surface area (Å²) in [5.41, 5.74) is 3.85. The Morgan fingerprint density at radius 3 is 1.89 bits per heavy atom. The second kappa shape index (κ2) is 18.1. The number of hydrogen-bond acceptors (Lipinski definition) is 7. The Labute approximate surface area is 264 Å². The Morgan fingerprint density at radius 1 is 0.864 bits per heavy atom. The number of aliphatic hydroxyl groups excluding tert-OH is 1. The van der Waals surface area contributed by atoms with Crippen molar-refractivity contribution >= 4 is 29.2 Å². The van der Waals surface area contributed by atoms with Crippen LogP contribution in [-0.2, 0) is 33.8 Å². The van der Waals surface area contributed by atoms with Gasteiger partial charge in [0.15, 0.2) is 0 Å². The molecule has 0 bridgehead atoms. The summed E-state index contributed by atoms with van der Waals surface area (Å²) >= 11 is 1.47. The molecule has 0 radical (unpaired) electrons. The number of nitrogens with one attached hydrogen (secondary N) is 3. The molecule has 4 N–H and O–H groups in total. The fourth-order valence-electron chi connectivity index (χ4n) is 4.55. The van der Waals surface area contributed by atoms with E-state index in [0.29, 0.717) is 32.3 Å². The largest absolute Gasteiger partial charge is 0.394 e. The van der Waals surface area contributed by atoms with Gasteiger partial charge < -0.3 is 30.7 Å². The van der Waals surface area contributed by atoms with E-state index in [1.54, 1.807) is 25.7 Å². The molecule has 1 heterocycles. The molecular formula is C33H45N5O5S. The van der Waals surface area contributed by atoms with Crippen LogP contribution in [0.25, 0.3) is 0 Å². The number of rotatable bonds is 17. The van der Waals surface area contributed by atoms with Gasteiger partial charge in [-0.15, -0.1) is 11.3 Å². The molecule has 0 spiro atoms. The van der Waals surface area contributed by atoms with Crippen molar-refractivity contribution in [3.8, 4) is 0 Å². The third-order valence-corrected chi connectivity index (χ3v) is 8.18. The number of nitrogens with zero attached hydrogens (tertiary/aromatic N) is 2. The van der Waals surface area contributed by atoms with Crippen LogP contribution in [0.15, 0.2) is 72.4 Å². The summed E-state index contributed by atoms with van der Waals surface area (Å²) in [5.74, 6) is -0.677. The molecule has 3 rings (SSSR count). The molecule has 10 nitrogen and oxygen atoms in total. The van der Waals surface area contributed by atoms with Gasteiger partial charge in [0.05, 0.1) is 23.6 Å². The third kappa shape index (κ3) is 11.7. The molecule has 0 saturated heterocycles. The van der Waals surface area contributed by atoms with E-state index in [0.717, 1.165) is 16.0 Å². The number of urea groups is 1. The molecule has 0 aliphatic heterocycles. The standard InChI is InChI=1S/C33H45N5O5S/c1-23(2)38(4)33(42)37-30(20-39)32(41)36-28(18-26-13-9-6-10-14-26)16-15-27(17-25-11-7-5-8-12-25)35-31(40)24(3)43-21-29-19-34-22-44-29/h5-14,19,22-24,27-28,30,39H,15-18,20-21H2,1-4H3,(H,35,40)(H,36,41)(H,37,42). The Morgan fingerprint density at radius 2 is 1.41 bits per heavy atom. The van der Waals surface area contributed by atoms with Crippen LogP contribution in [0, 0.1) is 0 Å². The number of aromatic nitrogens is 1. The van der Waals surface area contributed by atoms with E-state index in [-0.39, 0.29) is 24.0 Å². The predicted octanol–water partition coefficient (Wildman–Crippen LogP) is 3.69. The van der Waals surface area contributed by atoms with Crippen LogP contribution >= 0.6 is 11.3 Å². The minimum atomic E-state index is -1.10. The normalized spacial score (nSPS) is 13.9. The highest BCUT2D eigenvalue weighted by atomic mass is 32.1. The fourth-order valence-corrected chi connectivity index (χ4v) is 5.06. The Balaban J connectivity index is 1.71. The van der Waals surface area contributed by atoms with Crippen molar-refractivity contribution in [3.63, 3.8) is 0 Å². The number of ether oxygens (including phenoxy) is 1. The topological polar surface area (TPSA) is 133 Å². The van der Waals surface area contributed by atoms with Crippen LogP contribution < -0.4 is 16.0 Å². The van der Waals surface area contributed by atoms with Gasteiger partial charge >= 0.3 is 6.03 Å². The number of carbonyl (C=O) groups excluding carboxylic acids is 3. The van der Waals surface area contributed by atoms with Crippen molar-refractivity contribution in [2.45, 2.75) is 83.3 Å². The highest BCUT2D eigenvalue weighted by Gasteiger charge is 2.26. The Hall–Kier alpha value is -3.80. The smallest absolute Gasteiger partial charge is 0.318 e. The summed E-state index contributed by atoms with van der Waals surface area (Å²) < 4.78 is 5.80. The molecular weight excluding hydrogens is 578 g/mol. The van der Waals surface area contributed by atoms with E-state index >= 15 is 0 Å². The van der Waals surface area contributed by atoms with Crippen LogP contribution in [0.1, 0.15) is 49.6 Å². The van der Waals surface area contributed by atoms with Crippen molar-refractivity contribution in [2.75, 3.05) is 13.7 Å². The molecule has 0 aliphatic rings. The minimum Gasteiger partial charge on any atom is -0.394 e. The maximum absolute atomic E-state index is 13.3. The van der Waals surface area contributed by atoms with Crippen LogP contribution in [0.3, 0.4) is 0 Å². The number of benzene rings is 2. The molecule has 3 aromatic rings. The van der Waals surface area contributed by atoms with Crippen molar-refractivity contribution in [3.05, 3.63) is 88.4 Å². The molecule has 4 unspecified atom stereocenters. The van der Waals surface area contributed by atoms with Crippen molar-refractivity contribution in [1.29, 1.82) is 0 Å². The van der Waals surface area contributed by atoms with Crippen LogP contribution in [0.2, 0.25) is 0 Å². The number of carbonyl (C=O) groups is 3. The van der Waals surface area contributed by atoms with E-state index in [4.69, 9.17) is 4.74 Å². The second-order valence-corrected chi connectivity index (χ2v) is 12.1. The quantitative estimate of drug-likeness (QED) is 0.181. The monoisotopic (exact) mass is 623 g/mol. The number of aliphatic hydroxyl groups is 1. The summed E-state index contributed by atoms with van der Waals surface area (Å²) in [6, 6.07) is 17.6. The fraction of sp³-hybridized carbons (Fsp3) is 0.455. The average molecular weight is 624 g/mol. The number of thiazole rings is 1. The zero-order valence-corrected chi connectivity index (χ0v) is 26.8. The molecule has 4 atom stereocenters. The molecule has 44 heavy (non-hydrogen) atoms. The lowest BCUT2D eigenvalue weighted by molar-refractivity contribution is -0.133. The highest BCUT2D eigenvalue weighted by molar-refractivity contribution is 7.09. The second-order valence-electron chi connectivity index (χ2n) is 11.2. The van der Waals surface area contributed by atoms with Gasteiger partial charge in [-0.05, 0) is 57.6 Å². The van der Waals surface area contributed by atoms with E-state index in [1.165, 1.54) is 16.2 Å². The summed E-state index contributed by atoms with van der Waals surface area (Å²) in [5, 5.41) is 18.8. The summed E-state index contributed by atoms with van der Waals surface area (Å²) in [4.78, 5) is 45.5. The van der Waals surface area contributed by atoms with Gasteiger partial charge in [-0.1, -0.05) is 60.7 Å². The lowest BCUT2D eigenvalue weighted by Crippen LogP contribution is -2.55. The maximum Gasteiger partial charge on any atom is 0.318 e. The van der Waals surface area contributed by atoms with Crippen molar-refractivity contribution < 1.29 is 24.2 Å². The molecule has 0 saturated carbocycles. The highest BCUT2D eigenvalue weighted by Crippen LogP contribution is 2.15. The predicted molar refractivity (Wildman–Crippen MR) is 172 cm³/mol. The molecule has 2 aromatic carbocycles. The van der Waals surface area contributed by atoms with Crippen LogP contribution in [-0.4, -0.2) is 76.8 Å². The average Bonchev–Trinajstić information content (AvgIpc) is 3.55. The maximum atomic E-state index is 13.3. The van der Waals surface area contributed by atoms with Gasteiger partial charge in [0.2, 0.25) is 11.8 Å². The Bertz CT molecular complexity index is 1280. The molecule has 11 heteroatoms. The summed E-state index contributed by atoms with van der Waals surface area (Å²) in [7, 11) is 1.64. The van der Waals surface area contributed by atoms with Gasteiger partial charge in [-0.25, -0.2) is 4.79 Å². The molecule has 0 aliphatic carbocycles. The zero-order valence-electron chi connectivity index (χ0n) is 25.9. The number of hydrogen-bond donors (Lipinski definition) is 4. The summed E-state index contributed by atoms with van der Waals surface area (Å²) in [6.45, 7) is 5.23. The molecule has 1 aromatic heterocycles. The first-order valence-electron chi connectivity index (χ1n) is 15.0. The van der Waals surface area contributed by atoms with Gasteiger partial charge in [-0.3, -0.25) is 14.6 Å². The molecule has 0 fully saturated rings. The summed E-state index contributed by atoms with van der Waals surface area (Å²) in [6.07, 6.45) is 3.35. The van der Waals surface area contributed by atoms with E-state index in [2.05, 4.69) is 20.9 Å². The lowest BCUT2D eigenvalue weighted by Gasteiger charge is -2.28. The van der Waals surface area contributed by atoms with Gasteiger partial charge in [0.25, 0.3) is 0 Å². The van der Waals surface area contributed by atoms with E-state index < -0.39 is 30.7 Å². The van der Waals surface area contributed by atoms with E-state index in [1.807, 2.05) is 74.5 Å². The van der Waals surface area contributed by atoms with Gasteiger partial charge in [-0.2, -0.15) is 0 Å². The molecule has 238 valence electrons. The first-order chi connectivity index (χ1) is 21.2. The van der Waals surface area contributed by atoms with Gasteiger partial charge in [0.1, 0.15) is 12.1 Å². The van der Waals surface area contributed by atoms with Crippen molar-refractivity contribution in [1.82, 2.24) is 25.8 Å². The first kappa shape index (κ1) is 34.7. The zero-order chi connectivity index (χ0) is 31.9. The minimum absolute atomic E-state index is 0.0687. The van der Waals surface area contributed by atoms with Gasteiger partial charge in [0, 0.05) is 31.4 Å². The van der Waals surface area contributed by atoms with E-state index in [9.17, 15) is 19.5 Å². The molecule has 4 amide bonds. The SMILES string of the molecule is CC(OCc1cncs1)C(=O)NC(CCC(Cc1ccccc1)NC(=O)C(CO)NC(=O)N(C)C(C)C)Cc1ccccc1. The van der Waals surface area contributed by atoms with Crippen molar-refractivity contribution in [2.24, 2.45) is 0 Å². The lowest BCUT2D eigenvalue weighted by atomic mass is 9.95. The Kier molecular flexibility index (Phi) is 14.3. The first-order valence-corrected chi connectivity index (χ1v) is 15.9. The van der Waals surface area contributed by atoms with Crippen LogP contribution in [0.4, 0.5) is 4.79 Å². The van der Waals surface area contributed by atoms with Crippen LogP contribution in [0.5, 0.6) is 0 Å². The number of amides is 4. The third-order valence-electron chi connectivity index (χ3n) is 7.43.